The molecule has 0 aliphatic rings. The summed E-state index contributed by atoms with van der Waals surface area (Å²) in [6.07, 6.45) is 11.2. The Kier molecular flexibility index (Phi) is 5.28. The van der Waals surface area contributed by atoms with E-state index in [9.17, 15) is 4.79 Å². The minimum absolute atomic E-state index is 0.0700. The normalized spacial score (nSPS) is 10.2. The molecule has 0 amide bonds. The van der Waals surface area contributed by atoms with E-state index in [0.29, 0.717) is 5.82 Å². The maximum absolute atomic E-state index is 11.9. The zero-order chi connectivity index (χ0) is 12.7. The molecule has 1 aromatic heterocycles. The van der Waals surface area contributed by atoms with Gasteiger partial charge in [-0.25, -0.2) is 4.98 Å². The molecule has 1 aromatic rings. The Balaban J connectivity index is 2.58. The van der Waals surface area contributed by atoms with E-state index in [-0.39, 0.29) is 11.6 Å². The number of rotatable bonds is 6. The van der Waals surface area contributed by atoms with E-state index >= 15 is 0 Å². The van der Waals surface area contributed by atoms with Crippen molar-refractivity contribution in [3.8, 4) is 12.3 Å². The van der Waals surface area contributed by atoms with Crippen molar-refractivity contribution in [2.24, 2.45) is 0 Å². The molecule has 17 heavy (non-hydrogen) atoms. The minimum atomic E-state index is -0.0700. The number of aromatic nitrogens is 2. The van der Waals surface area contributed by atoms with Gasteiger partial charge in [-0.15, -0.1) is 12.3 Å². The monoisotopic (exact) mass is 233 g/mol. The highest BCUT2D eigenvalue weighted by Gasteiger charge is 2.05. The SMILES string of the molecule is C#CCCCCNc1nccn(C(C)C)c1=O. The van der Waals surface area contributed by atoms with Gasteiger partial charge in [0.15, 0.2) is 5.82 Å². The van der Waals surface area contributed by atoms with Gasteiger partial charge in [-0.3, -0.25) is 4.79 Å². The number of nitrogens with zero attached hydrogens (tertiary/aromatic N) is 2. The molecular formula is C13H19N3O. The van der Waals surface area contributed by atoms with E-state index in [1.165, 1.54) is 0 Å². The van der Waals surface area contributed by atoms with E-state index in [4.69, 9.17) is 6.42 Å². The second-order valence-electron chi connectivity index (χ2n) is 4.17. The van der Waals surface area contributed by atoms with Gasteiger partial charge in [-0.05, 0) is 26.7 Å². The predicted octanol–water partition coefficient (Wildman–Crippen LogP) is 2.04. The van der Waals surface area contributed by atoms with Gasteiger partial charge < -0.3 is 9.88 Å². The maximum Gasteiger partial charge on any atom is 0.293 e. The molecule has 0 fully saturated rings. The van der Waals surface area contributed by atoms with Crippen LogP contribution in [0.3, 0.4) is 0 Å². The number of anilines is 1. The lowest BCUT2D eigenvalue weighted by Gasteiger charge is -2.11. The van der Waals surface area contributed by atoms with Gasteiger partial charge in [0.1, 0.15) is 0 Å². The van der Waals surface area contributed by atoms with Crippen molar-refractivity contribution in [2.75, 3.05) is 11.9 Å². The highest BCUT2D eigenvalue weighted by atomic mass is 16.1. The molecule has 0 aliphatic carbocycles. The Hall–Kier alpha value is -1.76. The zero-order valence-corrected chi connectivity index (χ0v) is 10.4. The lowest BCUT2D eigenvalue weighted by atomic mass is 10.2. The second kappa shape index (κ2) is 6.74. The minimum Gasteiger partial charge on any atom is -0.365 e. The summed E-state index contributed by atoms with van der Waals surface area (Å²) in [5.74, 6) is 3.01. The largest absolute Gasteiger partial charge is 0.365 e. The first kappa shape index (κ1) is 13.3. The lowest BCUT2D eigenvalue weighted by molar-refractivity contribution is 0.575. The fourth-order valence-corrected chi connectivity index (χ4v) is 1.51. The molecule has 0 aliphatic heterocycles. The lowest BCUT2D eigenvalue weighted by Crippen LogP contribution is -2.25. The molecule has 4 heteroatoms. The van der Waals surface area contributed by atoms with Crippen LogP contribution < -0.4 is 10.9 Å². The fourth-order valence-electron chi connectivity index (χ4n) is 1.51. The van der Waals surface area contributed by atoms with E-state index < -0.39 is 0 Å². The molecule has 0 radical (unpaired) electrons. The summed E-state index contributed by atoms with van der Waals surface area (Å²) in [5.41, 5.74) is -0.0700. The first-order chi connectivity index (χ1) is 8.16. The van der Waals surface area contributed by atoms with Gasteiger partial charge in [-0.1, -0.05) is 0 Å². The third kappa shape index (κ3) is 3.95. The Morgan fingerprint density at radius 3 is 2.94 bits per heavy atom. The third-order valence-corrected chi connectivity index (χ3v) is 2.46. The fraction of sp³-hybridized carbons (Fsp3) is 0.538. The molecule has 1 heterocycles. The van der Waals surface area contributed by atoms with Crippen LogP contribution in [0, 0.1) is 12.3 Å². The Morgan fingerprint density at radius 2 is 2.29 bits per heavy atom. The highest BCUT2D eigenvalue weighted by molar-refractivity contribution is 5.30. The molecule has 0 saturated carbocycles. The van der Waals surface area contributed by atoms with Gasteiger partial charge >= 0.3 is 0 Å². The van der Waals surface area contributed by atoms with Crippen LogP contribution >= 0.6 is 0 Å². The first-order valence-corrected chi connectivity index (χ1v) is 5.91. The van der Waals surface area contributed by atoms with Crippen LogP contribution in [0.5, 0.6) is 0 Å². The summed E-state index contributed by atoms with van der Waals surface area (Å²) >= 11 is 0. The number of hydrogen-bond acceptors (Lipinski definition) is 3. The number of terminal acetylenes is 1. The van der Waals surface area contributed by atoms with Crippen LogP contribution in [-0.2, 0) is 0 Å². The molecule has 1 rings (SSSR count). The molecule has 0 spiro atoms. The van der Waals surface area contributed by atoms with Crippen molar-refractivity contribution >= 4 is 5.82 Å². The molecule has 0 bridgehead atoms. The molecule has 0 aromatic carbocycles. The third-order valence-electron chi connectivity index (χ3n) is 2.46. The smallest absolute Gasteiger partial charge is 0.293 e. The van der Waals surface area contributed by atoms with Crippen LogP contribution in [0.25, 0.3) is 0 Å². The van der Waals surface area contributed by atoms with Gasteiger partial charge in [-0.2, -0.15) is 0 Å². The molecule has 4 nitrogen and oxygen atoms in total. The Morgan fingerprint density at radius 1 is 1.53 bits per heavy atom. The highest BCUT2D eigenvalue weighted by Crippen LogP contribution is 2.02. The summed E-state index contributed by atoms with van der Waals surface area (Å²) in [6.45, 7) is 4.67. The van der Waals surface area contributed by atoms with E-state index in [1.807, 2.05) is 13.8 Å². The van der Waals surface area contributed by atoms with Gasteiger partial charge in [0.05, 0.1) is 0 Å². The van der Waals surface area contributed by atoms with Gasteiger partial charge in [0.25, 0.3) is 5.56 Å². The van der Waals surface area contributed by atoms with Crippen molar-refractivity contribution in [1.29, 1.82) is 0 Å². The second-order valence-corrected chi connectivity index (χ2v) is 4.17. The van der Waals surface area contributed by atoms with Crippen molar-refractivity contribution in [1.82, 2.24) is 9.55 Å². The van der Waals surface area contributed by atoms with E-state index in [0.717, 1.165) is 25.8 Å². The number of unbranched alkanes of at least 4 members (excludes halogenated alkanes) is 2. The van der Waals surface area contributed by atoms with Crippen molar-refractivity contribution in [2.45, 2.75) is 39.2 Å². The summed E-state index contributed by atoms with van der Waals surface area (Å²) in [7, 11) is 0. The van der Waals surface area contributed by atoms with Gasteiger partial charge in [0.2, 0.25) is 0 Å². The van der Waals surface area contributed by atoms with Crippen molar-refractivity contribution in [3.63, 3.8) is 0 Å². The maximum atomic E-state index is 11.9. The first-order valence-electron chi connectivity index (χ1n) is 5.91. The molecule has 0 saturated heterocycles. The quantitative estimate of drug-likeness (QED) is 0.604. The topological polar surface area (TPSA) is 46.9 Å². The molecule has 92 valence electrons. The zero-order valence-electron chi connectivity index (χ0n) is 10.4. The Labute approximate surface area is 102 Å². The van der Waals surface area contributed by atoms with E-state index in [1.54, 1.807) is 17.0 Å². The van der Waals surface area contributed by atoms with Crippen LogP contribution in [0.15, 0.2) is 17.2 Å². The summed E-state index contributed by atoms with van der Waals surface area (Å²) in [4.78, 5) is 16.0. The summed E-state index contributed by atoms with van der Waals surface area (Å²) in [6, 6.07) is 0.146. The average Bonchev–Trinajstić information content (AvgIpc) is 2.30. The number of nitrogens with one attached hydrogen (secondary N) is 1. The van der Waals surface area contributed by atoms with Crippen LogP contribution in [0.1, 0.15) is 39.2 Å². The molecule has 0 atom stereocenters. The van der Waals surface area contributed by atoms with Crippen LogP contribution in [0.2, 0.25) is 0 Å². The molecule has 0 unspecified atom stereocenters. The van der Waals surface area contributed by atoms with E-state index in [2.05, 4.69) is 16.2 Å². The summed E-state index contributed by atoms with van der Waals surface area (Å²) < 4.78 is 1.66. The Bertz CT molecular complexity index is 443. The van der Waals surface area contributed by atoms with Crippen LogP contribution in [0.4, 0.5) is 5.82 Å². The molecule has 1 N–H and O–H groups in total. The van der Waals surface area contributed by atoms with Crippen molar-refractivity contribution < 1.29 is 0 Å². The predicted molar refractivity (Wildman–Crippen MR) is 70.1 cm³/mol. The van der Waals surface area contributed by atoms with Crippen molar-refractivity contribution in [3.05, 3.63) is 22.7 Å². The van der Waals surface area contributed by atoms with Gasteiger partial charge in [0, 0.05) is 31.4 Å². The van der Waals surface area contributed by atoms with Crippen LogP contribution in [-0.4, -0.2) is 16.1 Å². The molecular weight excluding hydrogens is 214 g/mol. The average molecular weight is 233 g/mol. The number of hydrogen-bond donors (Lipinski definition) is 1. The summed E-state index contributed by atoms with van der Waals surface area (Å²) in [5, 5.41) is 3.05. The standard InChI is InChI=1S/C13H19N3O/c1-4-5-6-7-8-14-12-13(17)16(11(2)3)10-9-15-12/h1,9-11H,5-8H2,2-3H3,(H,14,15).